The van der Waals surface area contributed by atoms with Crippen LogP contribution in [0.1, 0.15) is 46.7 Å². The first-order chi connectivity index (χ1) is 18.2. The van der Waals surface area contributed by atoms with Crippen LogP contribution in [0.15, 0.2) is 36.7 Å². The molecule has 38 heavy (non-hydrogen) atoms. The van der Waals surface area contributed by atoms with Crippen LogP contribution < -0.4 is 21.1 Å². The van der Waals surface area contributed by atoms with E-state index in [1.165, 1.54) is 31.6 Å². The molecule has 2 aromatic carbocycles. The molecule has 0 bridgehead atoms. The number of ether oxygens (including phenoxy) is 2. The number of amides is 2. The van der Waals surface area contributed by atoms with Crippen LogP contribution in [-0.4, -0.2) is 47.6 Å². The number of nitrogens with zero attached hydrogens (tertiary/aromatic N) is 2. The quantitative estimate of drug-likeness (QED) is 0.364. The number of benzene rings is 2. The van der Waals surface area contributed by atoms with Crippen LogP contribution in [0, 0.1) is 18.6 Å². The van der Waals surface area contributed by atoms with E-state index in [1.807, 2.05) is 0 Å². The molecule has 2 fully saturated rings. The Hall–Kier alpha value is -4.12. The Labute approximate surface area is 217 Å². The maximum atomic E-state index is 14.7. The van der Waals surface area contributed by atoms with Gasteiger partial charge >= 0.3 is 0 Å². The summed E-state index contributed by atoms with van der Waals surface area (Å²) in [5.74, 6) is -1.77. The summed E-state index contributed by atoms with van der Waals surface area (Å²) in [6.45, 7) is 2.00. The molecule has 1 atom stereocenters. The van der Waals surface area contributed by atoms with E-state index in [9.17, 15) is 18.4 Å². The van der Waals surface area contributed by atoms with Crippen molar-refractivity contribution in [1.82, 2.24) is 15.3 Å². The molecule has 1 saturated carbocycles. The minimum absolute atomic E-state index is 0.0211. The molecular formula is C27H27F2N5O4. The summed E-state index contributed by atoms with van der Waals surface area (Å²) >= 11 is 0. The van der Waals surface area contributed by atoms with Gasteiger partial charge in [0.05, 0.1) is 18.8 Å². The monoisotopic (exact) mass is 523 g/mol. The first kappa shape index (κ1) is 25.5. The number of nitrogen functional groups attached to an aromatic ring is 1. The van der Waals surface area contributed by atoms with Gasteiger partial charge in [0.25, 0.3) is 11.8 Å². The molecule has 11 heteroatoms. The highest BCUT2D eigenvalue weighted by atomic mass is 19.1. The third-order valence-corrected chi connectivity index (χ3v) is 6.88. The van der Waals surface area contributed by atoms with Gasteiger partial charge in [-0.3, -0.25) is 9.59 Å². The van der Waals surface area contributed by atoms with Crippen LogP contribution in [0.25, 0.3) is 11.3 Å². The molecule has 3 aromatic rings. The van der Waals surface area contributed by atoms with Crippen molar-refractivity contribution in [3.63, 3.8) is 0 Å². The van der Waals surface area contributed by atoms with Crippen molar-refractivity contribution in [2.45, 2.75) is 37.7 Å². The summed E-state index contributed by atoms with van der Waals surface area (Å²) in [5.41, 5.74) is 6.95. The van der Waals surface area contributed by atoms with E-state index in [4.69, 9.17) is 15.2 Å². The molecule has 1 aliphatic heterocycles. The second-order valence-corrected chi connectivity index (χ2v) is 9.49. The third kappa shape index (κ3) is 5.01. The Morgan fingerprint density at radius 3 is 2.63 bits per heavy atom. The highest BCUT2D eigenvalue weighted by Crippen LogP contribution is 2.41. The van der Waals surface area contributed by atoms with Gasteiger partial charge in [0.1, 0.15) is 23.7 Å². The minimum Gasteiger partial charge on any atom is -0.487 e. The van der Waals surface area contributed by atoms with Crippen LogP contribution in [0.2, 0.25) is 0 Å². The predicted octanol–water partition coefficient (Wildman–Crippen LogP) is 3.73. The lowest BCUT2D eigenvalue weighted by Crippen LogP contribution is -2.36. The molecule has 1 unspecified atom stereocenters. The lowest BCUT2D eigenvalue weighted by Gasteiger charge is -2.17. The number of carbonyl (C=O) groups is 2. The fraction of sp³-hybridized carbons (Fsp3) is 0.333. The maximum Gasteiger partial charge on any atom is 0.258 e. The van der Waals surface area contributed by atoms with Crippen molar-refractivity contribution < 1.29 is 27.8 Å². The van der Waals surface area contributed by atoms with Gasteiger partial charge < -0.3 is 25.8 Å². The van der Waals surface area contributed by atoms with Crippen LogP contribution >= 0.6 is 0 Å². The highest BCUT2D eigenvalue weighted by Gasteiger charge is 2.51. The second kappa shape index (κ2) is 9.97. The lowest BCUT2D eigenvalue weighted by molar-refractivity contribution is -0.126. The van der Waals surface area contributed by atoms with Crippen LogP contribution in [-0.2, 0) is 9.53 Å². The molecule has 9 nitrogen and oxygen atoms in total. The molecule has 2 heterocycles. The second-order valence-electron chi connectivity index (χ2n) is 9.49. The van der Waals surface area contributed by atoms with Gasteiger partial charge in [-0.25, -0.2) is 18.7 Å². The van der Waals surface area contributed by atoms with Gasteiger partial charge in [-0.15, -0.1) is 0 Å². The zero-order valence-electron chi connectivity index (χ0n) is 20.9. The minimum atomic E-state index is -0.947. The van der Waals surface area contributed by atoms with Gasteiger partial charge in [0.15, 0.2) is 17.2 Å². The average molecular weight is 524 g/mol. The number of aromatic nitrogens is 2. The van der Waals surface area contributed by atoms with E-state index in [1.54, 1.807) is 13.0 Å². The summed E-state index contributed by atoms with van der Waals surface area (Å²) < 4.78 is 40.6. The van der Waals surface area contributed by atoms with E-state index < -0.39 is 23.1 Å². The van der Waals surface area contributed by atoms with Gasteiger partial charge in [0.2, 0.25) is 0 Å². The van der Waals surface area contributed by atoms with Crippen molar-refractivity contribution >= 4 is 23.3 Å². The Morgan fingerprint density at radius 2 is 1.97 bits per heavy atom. The van der Waals surface area contributed by atoms with Crippen molar-refractivity contribution in [3.05, 3.63) is 65.0 Å². The van der Waals surface area contributed by atoms with E-state index in [-0.39, 0.29) is 54.1 Å². The van der Waals surface area contributed by atoms with E-state index in [2.05, 4.69) is 20.6 Å². The number of hydrogen-bond donors (Lipinski definition) is 3. The van der Waals surface area contributed by atoms with Crippen molar-refractivity contribution in [1.29, 1.82) is 0 Å². The average Bonchev–Trinajstić information content (AvgIpc) is 3.81. The van der Waals surface area contributed by atoms with Crippen LogP contribution in [0.5, 0.6) is 5.75 Å². The zero-order chi connectivity index (χ0) is 27.0. The van der Waals surface area contributed by atoms with E-state index >= 15 is 0 Å². The largest absolute Gasteiger partial charge is 0.487 e. The normalized spacial score (nSPS) is 18.1. The number of halogens is 2. The molecule has 2 amide bonds. The number of nitrogens with two attached hydrogens (primary N) is 1. The number of hydrogen-bond acceptors (Lipinski definition) is 7. The van der Waals surface area contributed by atoms with E-state index in [0.717, 1.165) is 24.5 Å². The number of carbonyl (C=O) groups excluding carboxylic acids is 2. The number of likely N-dealkylation sites (N-methyl/N-ethyl adjacent to an activating group) is 1. The molecule has 1 aromatic heterocycles. The number of anilines is 2. The summed E-state index contributed by atoms with van der Waals surface area (Å²) in [4.78, 5) is 33.2. The Morgan fingerprint density at radius 1 is 1.21 bits per heavy atom. The van der Waals surface area contributed by atoms with Gasteiger partial charge in [-0.2, -0.15) is 0 Å². The maximum absolute atomic E-state index is 14.7. The number of rotatable bonds is 9. The fourth-order valence-corrected chi connectivity index (χ4v) is 4.37. The molecular weight excluding hydrogens is 496 g/mol. The summed E-state index contributed by atoms with van der Waals surface area (Å²) in [6.07, 6.45) is 3.50. The zero-order valence-corrected chi connectivity index (χ0v) is 20.9. The van der Waals surface area contributed by atoms with Gasteiger partial charge in [-0.1, -0.05) is 6.07 Å². The van der Waals surface area contributed by atoms with Gasteiger partial charge in [0, 0.05) is 24.7 Å². The Kier molecular flexibility index (Phi) is 6.70. The standard InChI is InChI=1S/C27H27F2N5O4/c1-14-19(22-23(24(30)33-13-32-22)37-8-7-27(12-38-27)26(36)31-2)10-17(28)11-21(14)34-25(35)18-6-5-16(9-20(18)29)15-3-4-15/h5-6,9-11,13,15H,3-4,7-8,12H2,1-2H3,(H,31,36)(H,34,35)(H2,30,32,33). The summed E-state index contributed by atoms with van der Waals surface area (Å²) in [6, 6.07) is 6.95. The highest BCUT2D eigenvalue weighted by molar-refractivity contribution is 6.05. The molecule has 198 valence electrons. The molecule has 2 aliphatic rings. The molecule has 5 rings (SSSR count). The van der Waals surface area contributed by atoms with Crippen molar-refractivity contribution in [2.75, 3.05) is 31.3 Å². The first-order valence-corrected chi connectivity index (χ1v) is 12.2. The fourth-order valence-electron chi connectivity index (χ4n) is 4.37. The Balaban J connectivity index is 1.39. The molecule has 1 saturated heterocycles. The van der Waals surface area contributed by atoms with Gasteiger partial charge in [-0.05, 0) is 61.1 Å². The van der Waals surface area contributed by atoms with Crippen LogP contribution in [0.4, 0.5) is 20.3 Å². The topological polar surface area (TPSA) is 132 Å². The van der Waals surface area contributed by atoms with Crippen molar-refractivity contribution in [2.24, 2.45) is 0 Å². The summed E-state index contributed by atoms with van der Waals surface area (Å²) in [7, 11) is 1.52. The third-order valence-electron chi connectivity index (χ3n) is 6.88. The summed E-state index contributed by atoms with van der Waals surface area (Å²) in [5, 5.41) is 5.17. The Bertz CT molecular complexity index is 1420. The first-order valence-electron chi connectivity index (χ1n) is 12.2. The van der Waals surface area contributed by atoms with Crippen LogP contribution in [0.3, 0.4) is 0 Å². The van der Waals surface area contributed by atoms with E-state index in [0.29, 0.717) is 17.0 Å². The SMILES string of the molecule is CNC(=O)C1(CCOc2c(N)ncnc2-c2cc(F)cc(NC(=O)c3ccc(C4CC4)cc3F)c2C)CO1. The predicted molar refractivity (Wildman–Crippen MR) is 136 cm³/mol. The smallest absolute Gasteiger partial charge is 0.258 e. The molecule has 0 spiro atoms. The lowest BCUT2D eigenvalue weighted by atomic mass is 10.0. The molecule has 1 aliphatic carbocycles. The molecule has 0 radical (unpaired) electrons. The number of epoxide rings is 1. The van der Waals surface area contributed by atoms with Crippen molar-refractivity contribution in [3.8, 4) is 17.0 Å². The molecule has 4 N–H and O–H groups in total. The number of nitrogens with one attached hydrogen (secondary N) is 2.